The van der Waals surface area contributed by atoms with Crippen LogP contribution in [0.15, 0.2) is 42.7 Å². The van der Waals surface area contributed by atoms with Crippen LogP contribution in [0.1, 0.15) is 21.5 Å². The molecule has 0 atom stereocenters. The number of nitrogens with zero attached hydrogens (tertiary/aromatic N) is 3. The molecule has 0 saturated carbocycles. The van der Waals surface area contributed by atoms with Crippen LogP contribution in [0, 0.1) is 34.6 Å². The van der Waals surface area contributed by atoms with Crippen LogP contribution < -0.4 is 5.32 Å². The number of nitriles is 1. The molecule has 0 saturated heterocycles. The quantitative estimate of drug-likeness (QED) is 0.431. The zero-order valence-electron chi connectivity index (χ0n) is 13.5. The van der Waals surface area contributed by atoms with Crippen molar-refractivity contribution >= 4 is 11.6 Å². The highest BCUT2D eigenvalue weighted by Crippen LogP contribution is 2.20. The van der Waals surface area contributed by atoms with Crippen molar-refractivity contribution < 1.29 is 22.4 Å². The Balaban J connectivity index is 1.77. The van der Waals surface area contributed by atoms with Gasteiger partial charge in [0.2, 0.25) is 0 Å². The number of amides is 1. The number of hydrogen-bond donors (Lipinski definition) is 1. The summed E-state index contributed by atoms with van der Waals surface area (Å²) in [6.07, 6.45) is 2.49. The average molecular weight is 374 g/mol. The van der Waals surface area contributed by atoms with Gasteiger partial charge in [0, 0.05) is 23.4 Å². The van der Waals surface area contributed by atoms with Gasteiger partial charge in [-0.15, -0.1) is 0 Å². The lowest BCUT2D eigenvalue weighted by Gasteiger charge is -2.07. The van der Waals surface area contributed by atoms with Crippen LogP contribution in [0.25, 0.3) is 0 Å². The molecule has 9 heteroatoms. The van der Waals surface area contributed by atoms with Gasteiger partial charge in [0.25, 0.3) is 5.91 Å². The number of rotatable bonds is 4. The standard InChI is InChI=1S/C18H10F4N4O/c19-14-5-15(20)17(22)16(21)13(14)9-26-8-12(7-24-26)25-18(27)11-3-1-2-10(4-11)6-23/h1-5,7-8H,9H2,(H,25,27). The van der Waals surface area contributed by atoms with Gasteiger partial charge >= 0.3 is 0 Å². The lowest BCUT2D eigenvalue weighted by Crippen LogP contribution is -2.11. The van der Waals surface area contributed by atoms with Crippen LogP contribution in [0.2, 0.25) is 0 Å². The molecule has 0 spiro atoms. The lowest BCUT2D eigenvalue weighted by molar-refractivity contribution is 0.102. The Bertz CT molecular complexity index is 1070. The van der Waals surface area contributed by atoms with Crippen LogP contribution >= 0.6 is 0 Å². The van der Waals surface area contributed by atoms with E-state index in [2.05, 4.69) is 10.4 Å². The second-order valence-corrected chi connectivity index (χ2v) is 5.52. The number of carbonyl (C=O) groups is 1. The average Bonchev–Trinajstić information content (AvgIpc) is 3.10. The maximum atomic E-state index is 13.7. The summed E-state index contributed by atoms with van der Waals surface area (Å²) in [4.78, 5) is 12.2. The fourth-order valence-corrected chi connectivity index (χ4v) is 2.36. The van der Waals surface area contributed by atoms with Gasteiger partial charge in [0.15, 0.2) is 17.5 Å². The summed E-state index contributed by atoms with van der Waals surface area (Å²) in [7, 11) is 0. The van der Waals surface area contributed by atoms with Crippen molar-refractivity contribution in [3.8, 4) is 6.07 Å². The number of nitrogens with one attached hydrogen (secondary N) is 1. The Hall–Kier alpha value is -3.67. The number of carbonyl (C=O) groups excluding carboxylic acids is 1. The third-order valence-corrected chi connectivity index (χ3v) is 3.67. The van der Waals surface area contributed by atoms with Crippen molar-refractivity contribution in [3.05, 3.63) is 82.7 Å². The molecular weight excluding hydrogens is 364 g/mol. The van der Waals surface area contributed by atoms with E-state index in [0.717, 1.165) is 4.68 Å². The molecule has 1 aromatic heterocycles. The summed E-state index contributed by atoms with van der Waals surface area (Å²) >= 11 is 0. The number of anilines is 1. The first kappa shape index (κ1) is 18.1. The summed E-state index contributed by atoms with van der Waals surface area (Å²) in [5.41, 5.74) is 0.0597. The van der Waals surface area contributed by atoms with E-state index < -0.39 is 41.3 Å². The minimum Gasteiger partial charge on any atom is -0.319 e. The molecule has 0 bridgehead atoms. The molecule has 0 radical (unpaired) electrons. The van der Waals surface area contributed by atoms with Gasteiger partial charge in [0.05, 0.1) is 30.1 Å². The molecular formula is C18H10F4N4O. The number of hydrogen-bond acceptors (Lipinski definition) is 3. The van der Waals surface area contributed by atoms with Crippen molar-refractivity contribution in [1.82, 2.24) is 9.78 Å². The van der Waals surface area contributed by atoms with E-state index in [1.54, 1.807) is 12.1 Å². The summed E-state index contributed by atoms with van der Waals surface area (Å²) < 4.78 is 54.7. The topological polar surface area (TPSA) is 70.7 Å². The van der Waals surface area contributed by atoms with E-state index in [-0.39, 0.29) is 17.3 Å². The second kappa shape index (κ2) is 7.29. The maximum absolute atomic E-state index is 13.7. The first-order valence-electron chi connectivity index (χ1n) is 7.55. The van der Waals surface area contributed by atoms with E-state index in [1.807, 2.05) is 6.07 Å². The van der Waals surface area contributed by atoms with Gasteiger partial charge in [-0.25, -0.2) is 17.6 Å². The highest BCUT2D eigenvalue weighted by atomic mass is 19.2. The molecule has 0 unspecified atom stereocenters. The summed E-state index contributed by atoms with van der Waals surface area (Å²) in [5, 5.41) is 15.2. The predicted molar refractivity (Wildman–Crippen MR) is 86.7 cm³/mol. The Morgan fingerprint density at radius 2 is 1.93 bits per heavy atom. The van der Waals surface area contributed by atoms with Crippen molar-refractivity contribution in [2.75, 3.05) is 5.32 Å². The Morgan fingerprint density at radius 3 is 2.67 bits per heavy atom. The normalized spacial score (nSPS) is 10.5. The molecule has 3 rings (SSSR count). The molecule has 0 aliphatic heterocycles. The van der Waals surface area contributed by atoms with Gasteiger partial charge in [-0.05, 0) is 18.2 Å². The summed E-state index contributed by atoms with van der Waals surface area (Å²) in [6.45, 7) is -0.505. The molecule has 3 aromatic rings. The third kappa shape index (κ3) is 3.79. The van der Waals surface area contributed by atoms with Gasteiger partial charge in [0.1, 0.15) is 5.82 Å². The molecule has 5 nitrogen and oxygen atoms in total. The molecule has 27 heavy (non-hydrogen) atoms. The monoisotopic (exact) mass is 374 g/mol. The highest BCUT2D eigenvalue weighted by molar-refractivity contribution is 6.04. The van der Waals surface area contributed by atoms with E-state index in [9.17, 15) is 22.4 Å². The minimum atomic E-state index is -1.77. The van der Waals surface area contributed by atoms with E-state index >= 15 is 0 Å². The fraction of sp³-hybridized carbons (Fsp3) is 0.0556. The van der Waals surface area contributed by atoms with E-state index in [4.69, 9.17) is 5.26 Å². The SMILES string of the molecule is N#Cc1cccc(C(=O)Nc2cnn(Cc3c(F)cc(F)c(F)c3F)c2)c1. The molecule has 0 fully saturated rings. The zero-order chi connectivity index (χ0) is 19.6. The molecule has 136 valence electrons. The van der Waals surface area contributed by atoms with Crippen LogP contribution in [0.4, 0.5) is 23.2 Å². The number of halogens is 4. The van der Waals surface area contributed by atoms with Gasteiger partial charge < -0.3 is 5.32 Å². The van der Waals surface area contributed by atoms with Crippen LogP contribution in [-0.4, -0.2) is 15.7 Å². The predicted octanol–water partition coefficient (Wildman–Crippen LogP) is 3.61. The van der Waals surface area contributed by atoms with Crippen LogP contribution in [0.5, 0.6) is 0 Å². The van der Waals surface area contributed by atoms with Crippen molar-refractivity contribution in [1.29, 1.82) is 5.26 Å². The lowest BCUT2D eigenvalue weighted by atomic mass is 10.1. The fourth-order valence-electron chi connectivity index (χ4n) is 2.36. The number of aromatic nitrogens is 2. The first-order valence-corrected chi connectivity index (χ1v) is 7.55. The third-order valence-electron chi connectivity index (χ3n) is 3.67. The molecule has 0 aliphatic rings. The second-order valence-electron chi connectivity index (χ2n) is 5.52. The molecule has 0 aliphatic carbocycles. The minimum absolute atomic E-state index is 0.214. The van der Waals surface area contributed by atoms with Crippen molar-refractivity contribution in [2.24, 2.45) is 0 Å². The highest BCUT2D eigenvalue weighted by Gasteiger charge is 2.19. The molecule has 1 heterocycles. The Kier molecular flexibility index (Phi) is 4.90. The van der Waals surface area contributed by atoms with Crippen LogP contribution in [0.3, 0.4) is 0 Å². The molecule has 2 aromatic carbocycles. The first-order chi connectivity index (χ1) is 12.9. The summed E-state index contributed by atoms with van der Waals surface area (Å²) in [6, 6.07) is 8.15. The van der Waals surface area contributed by atoms with E-state index in [0.29, 0.717) is 5.56 Å². The van der Waals surface area contributed by atoms with Crippen molar-refractivity contribution in [2.45, 2.75) is 6.54 Å². The Labute approximate surface area is 150 Å². The maximum Gasteiger partial charge on any atom is 0.255 e. The summed E-state index contributed by atoms with van der Waals surface area (Å²) in [5.74, 6) is -6.80. The smallest absolute Gasteiger partial charge is 0.255 e. The van der Waals surface area contributed by atoms with E-state index in [1.165, 1.54) is 24.5 Å². The van der Waals surface area contributed by atoms with Crippen LogP contribution in [-0.2, 0) is 6.54 Å². The van der Waals surface area contributed by atoms with Gasteiger partial charge in [-0.2, -0.15) is 10.4 Å². The Morgan fingerprint density at radius 1 is 1.15 bits per heavy atom. The van der Waals surface area contributed by atoms with Gasteiger partial charge in [-0.1, -0.05) is 6.07 Å². The zero-order valence-corrected chi connectivity index (χ0v) is 13.5. The van der Waals surface area contributed by atoms with Gasteiger partial charge in [-0.3, -0.25) is 9.48 Å². The van der Waals surface area contributed by atoms with Crippen molar-refractivity contribution in [3.63, 3.8) is 0 Å². The molecule has 1 N–H and O–H groups in total. The molecule has 1 amide bonds. The number of benzene rings is 2. The largest absolute Gasteiger partial charge is 0.319 e.